The average Bonchev–Trinajstić information content (AvgIpc) is 3.13. The van der Waals surface area contributed by atoms with E-state index in [-0.39, 0.29) is 11.8 Å². The van der Waals surface area contributed by atoms with Crippen molar-refractivity contribution in [1.82, 2.24) is 20.4 Å². The van der Waals surface area contributed by atoms with Crippen molar-refractivity contribution < 1.29 is 9.32 Å². The van der Waals surface area contributed by atoms with Gasteiger partial charge in [-0.15, -0.1) is 0 Å². The number of carbonyl (C=O) groups excluding carboxylic acids is 1. The van der Waals surface area contributed by atoms with Gasteiger partial charge in [0.2, 0.25) is 5.91 Å². The lowest BCUT2D eigenvalue weighted by molar-refractivity contribution is -0.125. The monoisotopic (exact) mass is 379 g/mol. The van der Waals surface area contributed by atoms with Gasteiger partial charge in [-0.3, -0.25) is 4.79 Å². The number of rotatable bonds is 6. The predicted octanol–water partition coefficient (Wildman–Crippen LogP) is 2.89. The molecule has 2 aromatic heterocycles. The largest absolute Gasteiger partial charge is 0.356 e. The number of aromatic nitrogens is 3. The molecule has 7 heteroatoms. The maximum absolute atomic E-state index is 12.5. The number of aryl methyl sites for hydroxylation is 2. The molecule has 4 rings (SSSR count). The molecule has 0 saturated carbocycles. The van der Waals surface area contributed by atoms with E-state index >= 15 is 0 Å². The summed E-state index contributed by atoms with van der Waals surface area (Å²) < 4.78 is 5.23. The Morgan fingerprint density at radius 1 is 1.21 bits per heavy atom. The Labute approximate surface area is 164 Å². The lowest BCUT2D eigenvalue weighted by Crippen LogP contribution is -2.41. The van der Waals surface area contributed by atoms with Crippen LogP contribution >= 0.6 is 0 Å². The second kappa shape index (κ2) is 8.37. The maximum atomic E-state index is 12.5. The van der Waals surface area contributed by atoms with E-state index in [9.17, 15) is 4.79 Å². The quantitative estimate of drug-likeness (QED) is 0.663. The Morgan fingerprint density at radius 3 is 2.79 bits per heavy atom. The number of hydrogen-bond acceptors (Lipinski definition) is 6. The highest BCUT2D eigenvalue weighted by Crippen LogP contribution is 2.29. The van der Waals surface area contributed by atoms with Gasteiger partial charge in [-0.05, 0) is 38.2 Å². The fraction of sp³-hybridized carbons (Fsp3) is 0.429. The Bertz CT molecular complexity index is 932. The number of carbonyl (C=O) groups is 1. The Balaban J connectivity index is 1.26. The Hall–Kier alpha value is -2.96. The normalized spacial score (nSPS) is 15.1. The fourth-order valence-electron chi connectivity index (χ4n) is 3.79. The van der Waals surface area contributed by atoms with Crippen molar-refractivity contribution in [3.63, 3.8) is 0 Å². The SMILES string of the molecule is Cc1noc2ncnc(N3CCC(C(=O)NCCCc4ccccc4)CC3)c12. The molecule has 28 heavy (non-hydrogen) atoms. The van der Waals surface area contributed by atoms with E-state index in [0.717, 1.165) is 62.2 Å². The molecule has 1 aliphatic rings. The molecule has 0 aliphatic carbocycles. The van der Waals surface area contributed by atoms with Gasteiger partial charge in [0.1, 0.15) is 17.5 Å². The van der Waals surface area contributed by atoms with Crippen molar-refractivity contribution in [3.05, 3.63) is 47.9 Å². The Morgan fingerprint density at radius 2 is 2.00 bits per heavy atom. The van der Waals surface area contributed by atoms with Crippen molar-refractivity contribution in [2.24, 2.45) is 5.92 Å². The molecule has 7 nitrogen and oxygen atoms in total. The highest BCUT2D eigenvalue weighted by Gasteiger charge is 2.27. The maximum Gasteiger partial charge on any atom is 0.263 e. The second-order valence-corrected chi connectivity index (χ2v) is 7.29. The van der Waals surface area contributed by atoms with Gasteiger partial charge in [0.15, 0.2) is 0 Å². The average molecular weight is 379 g/mol. The predicted molar refractivity (Wildman–Crippen MR) is 107 cm³/mol. The van der Waals surface area contributed by atoms with Crippen molar-refractivity contribution in [2.75, 3.05) is 24.5 Å². The highest BCUT2D eigenvalue weighted by molar-refractivity contribution is 5.88. The molecule has 1 amide bonds. The minimum atomic E-state index is 0.0638. The number of nitrogens with one attached hydrogen (secondary N) is 1. The topological polar surface area (TPSA) is 84.2 Å². The van der Waals surface area contributed by atoms with Crippen LogP contribution in [0.3, 0.4) is 0 Å². The summed E-state index contributed by atoms with van der Waals surface area (Å²) in [6, 6.07) is 10.4. The molecule has 1 N–H and O–H groups in total. The zero-order chi connectivity index (χ0) is 19.3. The number of piperidine rings is 1. The standard InChI is InChI=1S/C21H25N5O2/c1-15-18-19(23-14-24-21(18)28-25-15)26-12-9-17(10-13-26)20(27)22-11-5-8-16-6-3-2-4-7-16/h2-4,6-7,14,17H,5,8-13H2,1H3,(H,22,27). The van der Waals surface area contributed by atoms with Crippen LogP contribution in [0.5, 0.6) is 0 Å². The van der Waals surface area contributed by atoms with Crippen LogP contribution in [0.25, 0.3) is 11.1 Å². The van der Waals surface area contributed by atoms with Gasteiger partial charge in [0, 0.05) is 25.6 Å². The summed E-state index contributed by atoms with van der Waals surface area (Å²) in [6.45, 7) is 4.20. The molecule has 0 radical (unpaired) electrons. The van der Waals surface area contributed by atoms with Gasteiger partial charge in [-0.25, -0.2) is 4.98 Å². The van der Waals surface area contributed by atoms with Gasteiger partial charge >= 0.3 is 0 Å². The molecule has 146 valence electrons. The summed E-state index contributed by atoms with van der Waals surface area (Å²) in [5, 5.41) is 7.96. The third-order valence-electron chi connectivity index (χ3n) is 5.37. The molecular weight excluding hydrogens is 354 g/mol. The number of nitrogens with zero attached hydrogens (tertiary/aromatic N) is 4. The molecule has 0 bridgehead atoms. The van der Waals surface area contributed by atoms with Crippen LogP contribution in [0.1, 0.15) is 30.5 Å². The lowest BCUT2D eigenvalue weighted by atomic mass is 9.95. The fourth-order valence-corrected chi connectivity index (χ4v) is 3.79. The van der Waals surface area contributed by atoms with Crippen LogP contribution in [0, 0.1) is 12.8 Å². The van der Waals surface area contributed by atoms with E-state index in [1.54, 1.807) is 0 Å². The van der Waals surface area contributed by atoms with Crippen LogP contribution in [0.2, 0.25) is 0 Å². The molecular formula is C21H25N5O2. The molecule has 0 atom stereocenters. The van der Waals surface area contributed by atoms with Crippen molar-refractivity contribution in [3.8, 4) is 0 Å². The minimum absolute atomic E-state index is 0.0638. The molecule has 1 aliphatic heterocycles. The smallest absolute Gasteiger partial charge is 0.263 e. The highest BCUT2D eigenvalue weighted by atomic mass is 16.5. The van der Waals surface area contributed by atoms with Gasteiger partial charge in [0.25, 0.3) is 5.71 Å². The molecule has 1 aromatic carbocycles. The van der Waals surface area contributed by atoms with Crippen LogP contribution < -0.4 is 10.2 Å². The third kappa shape index (κ3) is 3.98. The van der Waals surface area contributed by atoms with E-state index in [1.165, 1.54) is 11.9 Å². The molecule has 0 spiro atoms. The second-order valence-electron chi connectivity index (χ2n) is 7.29. The van der Waals surface area contributed by atoms with E-state index in [0.29, 0.717) is 5.71 Å². The summed E-state index contributed by atoms with van der Waals surface area (Å²) in [6.07, 6.45) is 5.09. The molecule has 0 unspecified atom stereocenters. The summed E-state index contributed by atoms with van der Waals surface area (Å²) >= 11 is 0. The third-order valence-corrected chi connectivity index (χ3v) is 5.37. The van der Waals surface area contributed by atoms with Crippen LogP contribution in [0.4, 0.5) is 5.82 Å². The Kier molecular flexibility index (Phi) is 5.50. The zero-order valence-electron chi connectivity index (χ0n) is 16.1. The van der Waals surface area contributed by atoms with Crippen LogP contribution in [-0.2, 0) is 11.2 Å². The van der Waals surface area contributed by atoms with Crippen molar-refractivity contribution >= 4 is 22.8 Å². The van der Waals surface area contributed by atoms with Crippen molar-refractivity contribution in [2.45, 2.75) is 32.6 Å². The molecule has 3 aromatic rings. The van der Waals surface area contributed by atoms with E-state index in [2.05, 4.69) is 37.5 Å². The first-order chi connectivity index (χ1) is 13.7. The number of fused-ring (bicyclic) bond motifs is 1. The molecule has 1 saturated heterocycles. The van der Waals surface area contributed by atoms with Crippen LogP contribution in [0.15, 0.2) is 41.2 Å². The summed E-state index contributed by atoms with van der Waals surface area (Å²) in [4.78, 5) is 23.3. The van der Waals surface area contributed by atoms with Gasteiger partial charge in [-0.1, -0.05) is 35.5 Å². The lowest BCUT2D eigenvalue weighted by Gasteiger charge is -2.32. The minimum Gasteiger partial charge on any atom is -0.356 e. The summed E-state index contributed by atoms with van der Waals surface area (Å²) in [5.41, 5.74) is 2.62. The van der Waals surface area contributed by atoms with E-state index in [1.807, 2.05) is 25.1 Å². The van der Waals surface area contributed by atoms with Crippen molar-refractivity contribution in [1.29, 1.82) is 0 Å². The summed E-state index contributed by atoms with van der Waals surface area (Å²) in [5.74, 6) is 1.08. The first-order valence-corrected chi connectivity index (χ1v) is 9.86. The first kappa shape index (κ1) is 18.4. The number of hydrogen-bond donors (Lipinski definition) is 1. The first-order valence-electron chi connectivity index (χ1n) is 9.86. The number of anilines is 1. The van der Waals surface area contributed by atoms with Crippen LogP contribution in [-0.4, -0.2) is 40.7 Å². The van der Waals surface area contributed by atoms with Gasteiger partial charge in [0.05, 0.1) is 5.69 Å². The van der Waals surface area contributed by atoms with E-state index in [4.69, 9.17) is 4.52 Å². The van der Waals surface area contributed by atoms with Gasteiger partial charge < -0.3 is 14.7 Å². The molecule has 3 heterocycles. The number of amides is 1. The number of benzene rings is 1. The zero-order valence-corrected chi connectivity index (χ0v) is 16.1. The van der Waals surface area contributed by atoms with Gasteiger partial charge in [-0.2, -0.15) is 4.98 Å². The van der Waals surface area contributed by atoms with E-state index < -0.39 is 0 Å². The molecule has 1 fully saturated rings. The summed E-state index contributed by atoms with van der Waals surface area (Å²) in [7, 11) is 0.